The topological polar surface area (TPSA) is 130 Å². The van der Waals surface area contributed by atoms with Crippen molar-refractivity contribution < 1.29 is 23.8 Å². The average Bonchev–Trinajstić information content (AvgIpc) is 3.78. The van der Waals surface area contributed by atoms with Crippen molar-refractivity contribution in [2.24, 2.45) is 0 Å². The number of aryl methyl sites for hydroxylation is 3. The second kappa shape index (κ2) is 14.3. The largest absolute Gasteiger partial charge is 0.480 e. The Kier molecular flexibility index (Phi) is 10.9. The first-order valence-corrected chi connectivity index (χ1v) is 14.7. The third-order valence-electron chi connectivity index (χ3n) is 7.92. The molecule has 0 saturated heterocycles. The summed E-state index contributed by atoms with van der Waals surface area (Å²) in [4.78, 5) is 40.6. The van der Waals surface area contributed by atoms with Gasteiger partial charge in [-0.2, -0.15) is 0 Å². The molecule has 0 spiro atoms. The number of ether oxygens (including phenoxy) is 1. The van der Waals surface area contributed by atoms with E-state index in [4.69, 9.17) is 21.3 Å². The molecule has 0 bridgehead atoms. The fraction of sp³-hybridized carbons (Fsp3) is 0.621. The van der Waals surface area contributed by atoms with Crippen LogP contribution in [0, 0.1) is 6.92 Å². The van der Waals surface area contributed by atoms with Crippen molar-refractivity contribution in [1.29, 1.82) is 0 Å². The number of fused-ring (bicyclic) bond motifs is 1. The lowest BCUT2D eigenvalue weighted by Gasteiger charge is -2.27. The van der Waals surface area contributed by atoms with Crippen LogP contribution in [0.3, 0.4) is 0 Å². The van der Waals surface area contributed by atoms with E-state index < -0.39 is 36.1 Å². The number of carbonyl (C=O) groups is 2. The summed E-state index contributed by atoms with van der Waals surface area (Å²) in [7, 11) is 1.47. The number of nitrogens with one attached hydrogen (secondary N) is 2. The lowest BCUT2D eigenvalue weighted by atomic mass is 9.99. The van der Waals surface area contributed by atoms with Gasteiger partial charge in [0.2, 0.25) is 5.91 Å². The normalized spacial score (nSPS) is 16.9. The van der Waals surface area contributed by atoms with Gasteiger partial charge < -0.3 is 25.4 Å². The molecule has 1 amide bonds. The van der Waals surface area contributed by atoms with Crippen LogP contribution < -0.4 is 10.6 Å². The van der Waals surface area contributed by atoms with Crippen molar-refractivity contribution in [2.75, 3.05) is 45.3 Å². The predicted molar refractivity (Wildman–Crippen MR) is 154 cm³/mol. The third-order valence-corrected chi connectivity index (χ3v) is 8.19. The van der Waals surface area contributed by atoms with Gasteiger partial charge in [-0.1, -0.05) is 17.7 Å². The summed E-state index contributed by atoms with van der Waals surface area (Å²) in [5.41, 5.74) is 1.79. The number of rotatable bonds is 16. The van der Waals surface area contributed by atoms with E-state index in [0.29, 0.717) is 49.0 Å². The first kappa shape index (κ1) is 31.1. The Bertz CT molecular complexity index is 1210. The molecular formula is C29H40ClFN6O4. The summed E-state index contributed by atoms with van der Waals surface area (Å²) >= 11 is 6.30. The molecule has 0 aromatic carbocycles. The van der Waals surface area contributed by atoms with Gasteiger partial charge in [-0.05, 0) is 76.5 Å². The molecule has 2 aromatic heterocycles. The number of pyridine rings is 1. The van der Waals surface area contributed by atoms with Crippen LogP contribution in [-0.4, -0.2) is 88.9 Å². The van der Waals surface area contributed by atoms with Crippen LogP contribution in [0.25, 0.3) is 0 Å². The molecule has 224 valence electrons. The third kappa shape index (κ3) is 8.11. The lowest BCUT2D eigenvalue weighted by molar-refractivity contribution is -0.142. The number of amides is 1. The number of halogens is 2. The number of methoxy groups -OCH3 is 1. The van der Waals surface area contributed by atoms with Crippen LogP contribution in [0.2, 0.25) is 5.02 Å². The van der Waals surface area contributed by atoms with Crippen LogP contribution in [-0.2, 0) is 32.6 Å². The van der Waals surface area contributed by atoms with Crippen LogP contribution in [0.15, 0.2) is 18.3 Å². The number of nitrogens with zero attached hydrogens (tertiary/aromatic N) is 4. The van der Waals surface area contributed by atoms with Crippen molar-refractivity contribution in [3.63, 3.8) is 0 Å². The standard InChI is InChI=1S/C29H40ClFN6O4/c1-19-33-17-23(30)25(34-19)29(11-12-29)28(40)36-24(27(38)39)10-15-37(18-22(16-31)41-2)14-4-3-7-21-9-8-20-6-5-13-32-26(20)35-21/h8-9,17,22,24H,3-7,10-16,18H2,1-2H3,(H,32,35)(H,36,40)(H,38,39). The first-order valence-electron chi connectivity index (χ1n) is 14.3. The smallest absolute Gasteiger partial charge is 0.326 e. The molecule has 1 aliphatic heterocycles. The summed E-state index contributed by atoms with van der Waals surface area (Å²) in [6.07, 6.45) is 6.79. The Labute approximate surface area is 245 Å². The molecule has 1 saturated carbocycles. The van der Waals surface area contributed by atoms with E-state index in [0.717, 1.165) is 50.2 Å². The van der Waals surface area contributed by atoms with Gasteiger partial charge in [0.25, 0.3) is 0 Å². The fourth-order valence-corrected chi connectivity index (χ4v) is 5.54. The summed E-state index contributed by atoms with van der Waals surface area (Å²) in [5.74, 6) is -0.0522. The number of carbonyl (C=O) groups excluding carboxylic acids is 1. The Hall–Kier alpha value is -2.89. The fourth-order valence-electron chi connectivity index (χ4n) is 5.27. The van der Waals surface area contributed by atoms with E-state index in [2.05, 4.69) is 32.7 Å². The SMILES string of the molecule is COC(CF)CN(CCCCc1ccc2c(n1)NCCC2)CCC(NC(=O)C1(c2nc(C)ncc2Cl)CC1)C(=O)O. The van der Waals surface area contributed by atoms with Gasteiger partial charge in [-0.15, -0.1) is 0 Å². The monoisotopic (exact) mass is 590 g/mol. The van der Waals surface area contributed by atoms with E-state index in [1.807, 2.05) is 4.90 Å². The van der Waals surface area contributed by atoms with Gasteiger partial charge in [-0.3, -0.25) is 4.79 Å². The molecule has 3 heterocycles. The number of carboxylic acids is 1. The maximum Gasteiger partial charge on any atom is 0.326 e. The zero-order valence-electron chi connectivity index (χ0n) is 23.8. The zero-order chi connectivity index (χ0) is 29.4. The molecule has 2 aromatic rings. The van der Waals surface area contributed by atoms with Crippen LogP contribution in [0.4, 0.5) is 10.2 Å². The summed E-state index contributed by atoms with van der Waals surface area (Å²) in [6, 6.07) is 3.12. The molecular weight excluding hydrogens is 551 g/mol. The van der Waals surface area contributed by atoms with Gasteiger partial charge >= 0.3 is 5.97 Å². The highest BCUT2D eigenvalue weighted by atomic mass is 35.5. The molecule has 1 aliphatic carbocycles. The number of hydrogen-bond donors (Lipinski definition) is 3. The van der Waals surface area contributed by atoms with E-state index in [-0.39, 0.29) is 6.42 Å². The van der Waals surface area contributed by atoms with Gasteiger partial charge in [0.05, 0.1) is 22.2 Å². The van der Waals surface area contributed by atoms with E-state index >= 15 is 0 Å². The molecule has 2 atom stereocenters. The summed E-state index contributed by atoms with van der Waals surface area (Å²) < 4.78 is 18.7. The summed E-state index contributed by atoms with van der Waals surface area (Å²) in [6.45, 7) is 3.35. The van der Waals surface area contributed by atoms with Gasteiger partial charge in [-0.25, -0.2) is 24.1 Å². The highest BCUT2D eigenvalue weighted by Gasteiger charge is 2.54. The highest BCUT2D eigenvalue weighted by molar-refractivity contribution is 6.31. The minimum Gasteiger partial charge on any atom is -0.480 e. The Morgan fingerprint density at radius 3 is 2.78 bits per heavy atom. The van der Waals surface area contributed by atoms with E-state index in [1.165, 1.54) is 18.9 Å². The molecule has 0 radical (unpaired) electrons. The highest BCUT2D eigenvalue weighted by Crippen LogP contribution is 2.49. The Morgan fingerprint density at radius 1 is 1.27 bits per heavy atom. The molecule has 10 nitrogen and oxygen atoms in total. The van der Waals surface area contributed by atoms with E-state index in [1.54, 1.807) is 6.92 Å². The number of unbranched alkanes of at least 4 members (excludes halogenated alkanes) is 1. The van der Waals surface area contributed by atoms with Gasteiger partial charge in [0, 0.05) is 38.6 Å². The van der Waals surface area contributed by atoms with Crippen molar-refractivity contribution >= 4 is 29.3 Å². The van der Waals surface area contributed by atoms with Gasteiger partial charge in [0.15, 0.2) is 0 Å². The molecule has 41 heavy (non-hydrogen) atoms. The van der Waals surface area contributed by atoms with Crippen molar-refractivity contribution in [3.05, 3.63) is 46.1 Å². The minimum absolute atomic E-state index is 0.161. The number of aromatic nitrogens is 3. The number of aliphatic carboxylic acids is 1. The number of anilines is 1. The van der Waals surface area contributed by atoms with Crippen LogP contribution >= 0.6 is 11.6 Å². The maximum absolute atomic E-state index is 13.5. The molecule has 3 N–H and O–H groups in total. The van der Waals surface area contributed by atoms with E-state index in [9.17, 15) is 19.1 Å². The van der Waals surface area contributed by atoms with Crippen molar-refractivity contribution in [1.82, 2.24) is 25.2 Å². The number of alkyl halides is 1. The molecule has 1 fully saturated rings. The molecule has 2 unspecified atom stereocenters. The molecule has 2 aliphatic rings. The maximum atomic E-state index is 13.5. The quantitative estimate of drug-likeness (QED) is 0.252. The first-order chi connectivity index (χ1) is 19.8. The average molecular weight is 591 g/mol. The summed E-state index contributed by atoms with van der Waals surface area (Å²) in [5, 5.41) is 16.3. The number of hydrogen-bond acceptors (Lipinski definition) is 8. The Balaban J connectivity index is 1.33. The van der Waals surface area contributed by atoms with Crippen molar-refractivity contribution in [2.45, 2.75) is 75.9 Å². The van der Waals surface area contributed by atoms with Crippen molar-refractivity contribution in [3.8, 4) is 0 Å². The molecule has 4 rings (SSSR count). The minimum atomic E-state index is -1.13. The zero-order valence-corrected chi connectivity index (χ0v) is 24.6. The Morgan fingerprint density at radius 2 is 2.07 bits per heavy atom. The lowest BCUT2D eigenvalue weighted by Crippen LogP contribution is -2.48. The second-order valence-corrected chi connectivity index (χ2v) is 11.4. The number of carboxylic acid groups (broad SMARTS) is 1. The van der Waals surface area contributed by atoms with Crippen LogP contribution in [0.1, 0.15) is 61.3 Å². The van der Waals surface area contributed by atoms with Crippen LogP contribution in [0.5, 0.6) is 0 Å². The molecule has 12 heteroatoms. The van der Waals surface area contributed by atoms with Gasteiger partial charge in [0.1, 0.15) is 24.4 Å². The predicted octanol–water partition coefficient (Wildman–Crippen LogP) is 3.49. The second-order valence-electron chi connectivity index (χ2n) is 11.0.